The van der Waals surface area contributed by atoms with Crippen molar-refractivity contribution in [3.63, 3.8) is 0 Å². The van der Waals surface area contributed by atoms with Gasteiger partial charge in [0.15, 0.2) is 0 Å². The first-order valence-corrected chi connectivity index (χ1v) is 15.1. The third-order valence-electron chi connectivity index (χ3n) is 5.85. The zero-order valence-electron chi connectivity index (χ0n) is 19.0. The molecule has 3 nitrogen and oxygen atoms in total. The topological polar surface area (TPSA) is 68.1 Å². The van der Waals surface area contributed by atoms with E-state index in [1.807, 2.05) is 0 Å². The Morgan fingerprint density at radius 2 is 1.39 bits per heavy atom. The molecule has 0 radical (unpaired) electrons. The van der Waals surface area contributed by atoms with Gasteiger partial charge in [-0.05, 0) is 50.9 Å². The third kappa shape index (κ3) is 12.8. The molecule has 1 rings (SSSR count). The fraction of sp³-hybridized carbons (Fsp3) is 0.739. The van der Waals surface area contributed by atoms with E-state index in [1.165, 1.54) is 55.7 Å². The standard InChI is InChI=1S/C23H44BNO2Si/c1-21-12-14-22(15-13-21)11-5-6-16-23(25,17-7-9-19-24(26)27)18-8-10-20-28(2,3)4/h12-15,26-27H,5-11,16-20,25H2,1-4H3/p+1. The normalized spacial score (nSPS) is 14.1. The maximum absolute atomic E-state index is 9.07. The number of hydrogen-bond donors (Lipinski definition) is 3. The molecule has 0 saturated carbocycles. The van der Waals surface area contributed by atoms with Gasteiger partial charge in [0, 0.05) is 27.3 Å². The quantitative estimate of drug-likeness (QED) is 0.288. The highest BCUT2D eigenvalue weighted by atomic mass is 28.3. The second kappa shape index (κ2) is 12.8. The molecule has 0 aliphatic rings. The van der Waals surface area contributed by atoms with E-state index in [0.29, 0.717) is 6.32 Å². The van der Waals surface area contributed by atoms with Crippen molar-refractivity contribution in [3.8, 4) is 0 Å². The van der Waals surface area contributed by atoms with Crippen molar-refractivity contribution < 1.29 is 15.8 Å². The highest BCUT2D eigenvalue weighted by Crippen LogP contribution is 2.26. The summed E-state index contributed by atoms with van der Waals surface area (Å²) >= 11 is 0. The van der Waals surface area contributed by atoms with Crippen LogP contribution in [0.4, 0.5) is 0 Å². The fourth-order valence-corrected chi connectivity index (χ4v) is 5.25. The van der Waals surface area contributed by atoms with Crippen LogP contribution in [0.1, 0.15) is 68.9 Å². The largest absolute Gasteiger partial charge is 0.451 e. The van der Waals surface area contributed by atoms with Crippen LogP contribution in [0.5, 0.6) is 0 Å². The Kier molecular flexibility index (Phi) is 11.7. The van der Waals surface area contributed by atoms with Crippen LogP contribution in [0.3, 0.4) is 0 Å². The second-order valence-corrected chi connectivity index (χ2v) is 15.8. The fourth-order valence-electron chi connectivity index (χ4n) is 3.94. The smallest absolute Gasteiger partial charge is 0.427 e. The SMILES string of the molecule is Cc1ccc(CCCCC([NH3+])(CCCCB(O)O)CCCC[Si](C)(C)C)cc1. The predicted octanol–water partition coefficient (Wildman–Crippen LogP) is 4.84. The number of quaternary nitrogens is 1. The van der Waals surface area contributed by atoms with E-state index in [1.54, 1.807) is 0 Å². The van der Waals surface area contributed by atoms with E-state index in [-0.39, 0.29) is 5.54 Å². The lowest BCUT2D eigenvalue weighted by molar-refractivity contribution is -0.484. The molecule has 1 atom stereocenters. The summed E-state index contributed by atoms with van der Waals surface area (Å²) in [6, 6.07) is 10.3. The average molecular weight is 407 g/mol. The molecule has 1 unspecified atom stereocenters. The molecule has 28 heavy (non-hydrogen) atoms. The van der Waals surface area contributed by atoms with E-state index < -0.39 is 15.2 Å². The summed E-state index contributed by atoms with van der Waals surface area (Å²) in [7, 11) is -2.11. The molecule has 0 bridgehead atoms. The summed E-state index contributed by atoms with van der Waals surface area (Å²) in [6.07, 6.45) is 12.2. The average Bonchev–Trinajstić information content (AvgIpc) is 2.60. The summed E-state index contributed by atoms with van der Waals surface area (Å²) < 4.78 is 0. The first-order chi connectivity index (χ1) is 13.1. The van der Waals surface area contributed by atoms with E-state index >= 15 is 0 Å². The molecular weight excluding hydrogens is 361 g/mol. The first-order valence-electron chi connectivity index (χ1n) is 11.4. The van der Waals surface area contributed by atoms with E-state index in [2.05, 4.69) is 56.6 Å². The Labute approximate surface area is 175 Å². The maximum Gasteiger partial charge on any atom is 0.451 e. The summed E-state index contributed by atoms with van der Waals surface area (Å²) in [6.45, 7) is 9.50. The maximum atomic E-state index is 9.07. The minimum Gasteiger partial charge on any atom is -0.427 e. The first kappa shape index (κ1) is 25.4. The van der Waals surface area contributed by atoms with Gasteiger partial charge in [0.2, 0.25) is 0 Å². The molecular formula is C23H45BNO2Si+. The minimum absolute atomic E-state index is 0.160. The highest BCUT2D eigenvalue weighted by molar-refractivity contribution is 6.76. The summed E-state index contributed by atoms with van der Waals surface area (Å²) in [5.74, 6) is 0. The van der Waals surface area contributed by atoms with Gasteiger partial charge in [0.25, 0.3) is 0 Å². The molecule has 1 aromatic rings. The molecule has 0 amide bonds. The van der Waals surface area contributed by atoms with Gasteiger partial charge < -0.3 is 15.8 Å². The van der Waals surface area contributed by atoms with Crippen molar-refractivity contribution in [2.75, 3.05) is 0 Å². The van der Waals surface area contributed by atoms with Gasteiger partial charge in [-0.2, -0.15) is 0 Å². The Morgan fingerprint density at radius 3 is 1.93 bits per heavy atom. The lowest BCUT2D eigenvalue weighted by Crippen LogP contribution is -2.72. The number of benzene rings is 1. The molecule has 0 fully saturated rings. The Hall–Kier alpha value is -0.618. The molecule has 5 heteroatoms. The molecule has 0 spiro atoms. The minimum atomic E-state index is -1.16. The Balaban J connectivity index is 2.42. The van der Waals surface area contributed by atoms with Gasteiger partial charge in [-0.3, -0.25) is 0 Å². The van der Waals surface area contributed by atoms with E-state index in [9.17, 15) is 0 Å². The van der Waals surface area contributed by atoms with E-state index in [0.717, 1.165) is 25.7 Å². The van der Waals surface area contributed by atoms with Crippen molar-refractivity contribution in [2.45, 2.75) is 109 Å². The molecule has 0 aliphatic heterocycles. The van der Waals surface area contributed by atoms with Gasteiger partial charge in [-0.25, -0.2) is 0 Å². The Morgan fingerprint density at radius 1 is 0.857 bits per heavy atom. The van der Waals surface area contributed by atoms with Gasteiger partial charge in [-0.1, -0.05) is 68.4 Å². The molecule has 0 saturated heterocycles. The number of rotatable bonds is 15. The number of unbranched alkanes of at least 4 members (excludes halogenated alkanes) is 3. The van der Waals surface area contributed by atoms with Crippen molar-refractivity contribution in [3.05, 3.63) is 35.4 Å². The third-order valence-corrected chi connectivity index (χ3v) is 7.70. The summed E-state index contributed by atoms with van der Waals surface area (Å²) in [5, 5.41) is 18.1. The Bertz CT molecular complexity index is 530. The van der Waals surface area contributed by atoms with Crippen LogP contribution in [0, 0.1) is 6.92 Å². The highest BCUT2D eigenvalue weighted by Gasteiger charge is 2.28. The van der Waals surface area contributed by atoms with Crippen LogP contribution in [-0.2, 0) is 6.42 Å². The zero-order valence-corrected chi connectivity index (χ0v) is 20.0. The lowest BCUT2D eigenvalue weighted by Gasteiger charge is -2.27. The van der Waals surface area contributed by atoms with Crippen molar-refractivity contribution in [2.24, 2.45) is 0 Å². The molecule has 5 N–H and O–H groups in total. The van der Waals surface area contributed by atoms with Crippen LogP contribution in [0.25, 0.3) is 0 Å². The molecule has 0 aromatic heterocycles. The van der Waals surface area contributed by atoms with Crippen LogP contribution < -0.4 is 5.73 Å². The number of hydrogen-bond acceptors (Lipinski definition) is 2. The molecule has 0 heterocycles. The van der Waals surface area contributed by atoms with Crippen LogP contribution >= 0.6 is 0 Å². The van der Waals surface area contributed by atoms with Crippen LogP contribution in [-0.4, -0.2) is 30.8 Å². The molecule has 0 aliphatic carbocycles. The number of aryl methyl sites for hydroxylation is 2. The lowest BCUT2D eigenvalue weighted by atomic mass is 9.79. The van der Waals surface area contributed by atoms with Gasteiger partial charge in [0.05, 0.1) is 5.54 Å². The van der Waals surface area contributed by atoms with Crippen LogP contribution in [0.2, 0.25) is 32.0 Å². The monoisotopic (exact) mass is 406 g/mol. The molecule has 160 valence electrons. The zero-order chi connectivity index (χ0) is 21.0. The van der Waals surface area contributed by atoms with Gasteiger partial charge >= 0.3 is 7.12 Å². The van der Waals surface area contributed by atoms with Crippen molar-refractivity contribution >= 4 is 15.2 Å². The summed E-state index contributed by atoms with van der Waals surface area (Å²) in [4.78, 5) is 0. The van der Waals surface area contributed by atoms with Gasteiger partial charge in [-0.15, -0.1) is 0 Å². The van der Waals surface area contributed by atoms with Crippen LogP contribution in [0.15, 0.2) is 24.3 Å². The van der Waals surface area contributed by atoms with E-state index in [4.69, 9.17) is 10.0 Å². The molecule has 1 aromatic carbocycles. The predicted molar refractivity (Wildman–Crippen MR) is 125 cm³/mol. The summed E-state index contributed by atoms with van der Waals surface area (Å²) in [5.41, 5.74) is 7.59. The second-order valence-electron chi connectivity index (χ2n) is 10.2. The van der Waals surface area contributed by atoms with Crippen molar-refractivity contribution in [1.82, 2.24) is 0 Å². The van der Waals surface area contributed by atoms with Crippen molar-refractivity contribution in [1.29, 1.82) is 0 Å². The van der Waals surface area contributed by atoms with Gasteiger partial charge in [0.1, 0.15) is 0 Å².